The Morgan fingerprint density at radius 2 is 1.75 bits per heavy atom. The quantitative estimate of drug-likeness (QED) is 0.676. The smallest absolute Gasteiger partial charge is 0.267 e. The number of nitrogens with zero attached hydrogens (tertiary/aromatic N) is 2. The summed E-state index contributed by atoms with van der Waals surface area (Å²) in [4.78, 5) is 14.6. The molecule has 1 aromatic rings. The molecule has 1 aliphatic heterocycles. The zero-order valence-corrected chi connectivity index (χ0v) is 15.3. The topological polar surface area (TPSA) is 56.1 Å². The molecule has 1 amide bonds. The van der Waals surface area contributed by atoms with Gasteiger partial charge in [0.05, 0.1) is 0 Å². The van der Waals surface area contributed by atoms with Gasteiger partial charge in [-0.1, -0.05) is 31.5 Å². The molecule has 0 bridgehead atoms. The third-order valence-electron chi connectivity index (χ3n) is 4.49. The fourth-order valence-electron chi connectivity index (χ4n) is 3.70. The van der Waals surface area contributed by atoms with Crippen LogP contribution >= 0.6 is 0 Å². The summed E-state index contributed by atoms with van der Waals surface area (Å²) >= 11 is 0. The van der Waals surface area contributed by atoms with Gasteiger partial charge in [-0.2, -0.15) is 5.26 Å². The van der Waals surface area contributed by atoms with Crippen LogP contribution in [-0.4, -0.2) is 23.9 Å². The molecule has 0 aliphatic carbocycles. The van der Waals surface area contributed by atoms with Crippen molar-refractivity contribution in [3.63, 3.8) is 0 Å². The van der Waals surface area contributed by atoms with Gasteiger partial charge in [-0.15, -0.1) is 0 Å². The van der Waals surface area contributed by atoms with Crippen LogP contribution in [0.1, 0.15) is 37.0 Å². The molecule has 0 radical (unpaired) electrons. The van der Waals surface area contributed by atoms with Crippen LogP contribution in [0.5, 0.6) is 0 Å². The third-order valence-corrected chi connectivity index (χ3v) is 4.49. The van der Waals surface area contributed by atoms with E-state index >= 15 is 0 Å². The Balaban J connectivity index is 2.18. The number of anilines is 1. The fraction of sp³-hybridized carbons (Fsp3) is 0.500. The van der Waals surface area contributed by atoms with Crippen molar-refractivity contribution in [1.29, 1.82) is 5.26 Å². The van der Waals surface area contributed by atoms with Crippen molar-refractivity contribution in [3.8, 4) is 6.07 Å². The van der Waals surface area contributed by atoms with Crippen molar-refractivity contribution in [3.05, 3.63) is 40.6 Å². The Morgan fingerprint density at radius 1 is 1.21 bits per heavy atom. The van der Waals surface area contributed by atoms with E-state index in [4.69, 9.17) is 0 Å². The lowest BCUT2D eigenvalue weighted by Crippen LogP contribution is -2.35. The first kappa shape index (κ1) is 18.1. The molecular formula is C20H27N3O. The molecule has 2 atom stereocenters. The lowest BCUT2D eigenvalue weighted by atomic mass is 9.92. The predicted octanol–water partition coefficient (Wildman–Crippen LogP) is 3.94. The van der Waals surface area contributed by atoms with Gasteiger partial charge >= 0.3 is 0 Å². The second-order valence-corrected chi connectivity index (χ2v) is 7.28. The summed E-state index contributed by atoms with van der Waals surface area (Å²) < 4.78 is 0. The van der Waals surface area contributed by atoms with Crippen LogP contribution in [0, 0.1) is 43.9 Å². The van der Waals surface area contributed by atoms with E-state index in [2.05, 4.69) is 30.1 Å². The summed E-state index contributed by atoms with van der Waals surface area (Å²) in [5.74, 6) is 0.822. The van der Waals surface area contributed by atoms with Gasteiger partial charge in [0, 0.05) is 25.0 Å². The van der Waals surface area contributed by atoms with Crippen LogP contribution in [0.25, 0.3) is 0 Å². The molecule has 128 valence electrons. The average Bonchev–Trinajstić information content (AvgIpc) is 2.47. The summed E-state index contributed by atoms with van der Waals surface area (Å²) in [6.45, 7) is 12.2. The number of amides is 1. The Bertz CT molecular complexity index is 666. The number of nitriles is 1. The van der Waals surface area contributed by atoms with Gasteiger partial charge < -0.3 is 10.2 Å². The van der Waals surface area contributed by atoms with Crippen LogP contribution < -0.4 is 5.32 Å². The van der Waals surface area contributed by atoms with Crippen molar-refractivity contribution >= 4 is 11.6 Å². The van der Waals surface area contributed by atoms with Gasteiger partial charge in [-0.3, -0.25) is 4.79 Å². The number of hydrogen-bond donors (Lipinski definition) is 1. The molecule has 4 heteroatoms. The number of benzene rings is 1. The van der Waals surface area contributed by atoms with Gasteiger partial charge in [0.15, 0.2) is 0 Å². The Kier molecular flexibility index (Phi) is 5.66. The molecule has 0 saturated carbocycles. The number of aryl methyl sites for hydroxylation is 3. The van der Waals surface area contributed by atoms with E-state index in [-0.39, 0.29) is 11.5 Å². The molecule has 1 fully saturated rings. The molecule has 1 aromatic carbocycles. The van der Waals surface area contributed by atoms with E-state index in [0.29, 0.717) is 11.8 Å². The SMILES string of the molecule is Cc1cc(C)c(NC(=O)/C(C#N)=C\N2CC(C)CC(C)C2)c(C)c1. The fourth-order valence-corrected chi connectivity index (χ4v) is 3.70. The second kappa shape index (κ2) is 7.53. The highest BCUT2D eigenvalue weighted by Crippen LogP contribution is 2.24. The highest BCUT2D eigenvalue weighted by molar-refractivity contribution is 6.07. The zero-order chi connectivity index (χ0) is 17.9. The minimum Gasteiger partial charge on any atom is -0.376 e. The molecule has 2 rings (SSSR count). The maximum Gasteiger partial charge on any atom is 0.267 e. The standard InChI is InChI=1S/C20H27N3O/c1-13-7-16(4)19(17(5)8-13)22-20(24)18(9-21)12-23-10-14(2)6-15(3)11-23/h7-8,12,14-15H,6,10-11H2,1-5H3,(H,22,24)/b18-12-. The summed E-state index contributed by atoms with van der Waals surface area (Å²) in [7, 11) is 0. The van der Waals surface area contributed by atoms with Crippen molar-refractivity contribution in [1.82, 2.24) is 4.90 Å². The lowest BCUT2D eigenvalue weighted by Gasteiger charge is -2.34. The number of likely N-dealkylation sites (tertiary alicyclic amines) is 1. The molecule has 1 aliphatic rings. The molecular weight excluding hydrogens is 298 g/mol. The number of piperidine rings is 1. The minimum atomic E-state index is -0.335. The molecule has 1 saturated heterocycles. The maximum atomic E-state index is 12.5. The summed E-state index contributed by atoms with van der Waals surface area (Å²) in [6, 6.07) is 6.12. The van der Waals surface area contributed by atoms with Crippen LogP contribution in [0.15, 0.2) is 23.9 Å². The van der Waals surface area contributed by atoms with E-state index in [1.165, 1.54) is 6.42 Å². The normalized spacial score (nSPS) is 21.3. The van der Waals surface area contributed by atoms with Gasteiger partial charge in [-0.05, 0) is 50.2 Å². The minimum absolute atomic E-state index is 0.163. The Hall–Kier alpha value is -2.28. The molecule has 0 spiro atoms. The molecule has 24 heavy (non-hydrogen) atoms. The molecule has 1 N–H and O–H groups in total. The predicted molar refractivity (Wildman–Crippen MR) is 97.5 cm³/mol. The largest absolute Gasteiger partial charge is 0.376 e. The first-order valence-corrected chi connectivity index (χ1v) is 8.55. The van der Waals surface area contributed by atoms with Crippen LogP contribution in [0.3, 0.4) is 0 Å². The van der Waals surface area contributed by atoms with Crippen molar-refractivity contribution in [2.24, 2.45) is 11.8 Å². The highest BCUT2D eigenvalue weighted by atomic mass is 16.1. The average molecular weight is 325 g/mol. The van der Waals surface area contributed by atoms with E-state index in [1.54, 1.807) is 6.20 Å². The number of carbonyl (C=O) groups is 1. The van der Waals surface area contributed by atoms with E-state index < -0.39 is 0 Å². The van der Waals surface area contributed by atoms with Gasteiger partial charge in [-0.25, -0.2) is 0 Å². The first-order chi connectivity index (χ1) is 11.3. The monoisotopic (exact) mass is 325 g/mol. The van der Waals surface area contributed by atoms with Crippen molar-refractivity contribution in [2.75, 3.05) is 18.4 Å². The number of hydrogen-bond acceptors (Lipinski definition) is 3. The van der Waals surface area contributed by atoms with E-state index in [0.717, 1.165) is 35.5 Å². The maximum absolute atomic E-state index is 12.5. The summed E-state index contributed by atoms with van der Waals surface area (Å²) in [6.07, 6.45) is 2.92. The molecule has 1 heterocycles. The first-order valence-electron chi connectivity index (χ1n) is 8.55. The Labute approximate surface area is 145 Å². The van der Waals surface area contributed by atoms with Gasteiger partial charge in [0.25, 0.3) is 5.91 Å². The van der Waals surface area contributed by atoms with Crippen LogP contribution in [0.2, 0.25) is 0 Å². The molecule has 4 nitrogen and oxygen atoms in total. The highest BCUT2D eigenvalue weighted by Gasteiger charge is 2.21. The van der Waals surface area contributed by atoms with Gasteiger partial charge in [0.1, 0.15) is 11.6 Å². The number of nitrogens with one attached hydrogen (secondary N) is 1. The Morgan fingerprint density at radius 3 is 2.25 bits per heavy atom. The van der Waals surface area contributed by atoms with E-state index in [1.807, 2.05) is 32.9 Å². The zero-order valence-electron chi connectivity index (χ0n) is 15.3. The number of carbonyl (C=O) groups excluding carboxylic acids is 1. The molecule has 2 unspecified atom stereocenters. The van der Waals surface area contributed by atoms with E-state index in [9.17, 15) is 10.1 Å². The number of rotatable bonds is 3. The van der Waals surface area contributed by atoms with Crippen molar-refractivity contribution < 1.29 is 4.79 Å². The second-order valence-electron chi connectivity index (χ2n) is 7.28. The summed E-state index contributed by atoms with van der Waals surface area (Å²) in [5, 5.41) is 12.3. The van der Waals surface area contributed by atoms with Crippen LogP contribution in [0.4, 0.5) is 5.69 Å². The van der Waals surface area contributed by atoms with Crippen molar-refractivity contribution in [2.45, 2.75) is 41.0 Å². The third kappa shape index (κ3) is 4.38. The molecule has 0 aromatic heterocycles. The van der Waals surface area contributed by atoms with Gasteiger partial charge in [0.2, 0.25) is 0 Å². The lowest BCUT2D eigenvalue weighted by molar-refractivity contribution is -0.112. The van der Waals surface area contributed by atoms with Crippen LogP contribution in [-0.2, 0) is 4.79 Å². The summed E-state index contributed by atoms with van der Waals surface area (Å²) in [5.41, 5.74) is 4.15.